The first-order chi connectivity index (χ1) is 21.4. The number of hydrogen-bond acceptors (Lipinski definition) is 7. The van der Waals surface area contributed by atoms with Gasteiger partial charge in [0.15, 0.2) is 6.61 Å². The fraction of sp³-hybridized carbons (Fsp3) is 0.400. The molecule has 0 saturated carbocycles. The van der Waals surface area contributed by atoms with Crippen molar-refractivity contribution in [3.63, 3.8) is 0 Å². The minimum absolute atomic E-state index is 0.000852. The highest BCUT2D eigenvalue weighted by Crippen LogP contribution is 2.32. The summed E-state index contributed by atoms with van der Waals surface area (Å²) in [5, 5.41) is 37.1. The molecule has 5 unspecified atom stereocenters. The van der Waals surface area contributed by atoms with Crippen LogP contribution in [0.2, 0.25) is 0 Å². The number of alkyl carbamates (subject to hydrolysis) is 1. The monoisotopic (exact) mass is 618 g/mol. The number of carboxylic acids is 1. The third-order valence-electron chi connectivity index (χ3n) is 7.63. The first-order valence-electron chi connectivity index (χ1n) is 15.1. The molecule has 0 aliphatic heterocycles. The molecule has 5 atom stereocenters. The Balaban J connectivity index is 1.56. The van der Waals surface area contributed by atoms with Crippen LogP contribution in [0.15, 0.2) is 78.9 Å². The number of carboxylic acid groups (broad SMARTS) is 1. The molecule has 240 valence electrons. The van der Waals surface area contributed by atoms with Gasteiger partial charge in [-0.3, -0.25) is 4.79 Å². The van der Waals surface area contributed by atoms with Gasteiger partial charge in [0.1, 0.15) is 11.4 Å². The van der Waals surface area contributed by atoms with Crippen LogP contribution in [0, 0.1) is 5.92 Å². The van der Waals surface area contributed by atoms with Gasteiger partial charge in [0.25, 0.3) is 0 Å². The normalized spacial score (nSPS) is 17.8. The van der Waals surface area contributed by atoms with Crippen molar-refractivity contribution >= 4 is 18.0 Å². The van der Waals surface area contributed by atoms with Crippen molar-refractivity contribution in [1.29, 1.82) is 0 Å². The first-order valence-corrected chi connectivity index (χ1v) is 15.1. The van der Waals surface area contributed by atoms with Crippen molar-refractivity contribution in [3.8, 4) is 5.75 Å². The molecule has 45 heavy (non-hydrogen) atoms. The van der Waals surface area contributed by atoms with Gasteiger partial charge < -0.3 is 35.4 Å². The summed E-state index contributed by atoms with van der Waals surface area (Å²) in [6.45, 7) is 4.78. The molecule has 10 heteroatoms. The average Bonchev–Trinajstić information content (AvgIpc) is 3.30. The minimum atomic E-state index is -1.13. The molecular weight excluding hydrogens is 576 g/mol. The van der Waals surface area contributed by atoms with Gasteiger partial charge in [-0.1, -0.05) is 66.7 Å². The van der Waals surface area contributed by atoms with Gasteiger partial charge in [-0.15, -0.1) is 0 Å². The Hall–Kier alpha value is -4.41. The number of ether oxygens (including phenoxy) is 2. The van der Waals surface area contributed by atoms with Crippen LogP contribution in [0.25, 0.3) is 0 Å². The number of aliphatic hydroxyl groups is 2. The second-order valence-electron chi connectivity index (χ2n) is 12.4. The number of carbonyl (C=O) groups is 3. The zero-order valence-electron chi connectivity index (χ0n) is 25.8. The molecule has 1 aliphatic carbocycles. The van der Waals surface area contributed by atoms with Crippen LogP contribution in [0.5, 0.6) is 5.75 Å². The summed E-state index contributed by atoms with van der Waals surface area (Å²) >= 11 is 0. The van der Waals surface area contributed by atoms with E-state index in [0.29, 0.717) is 18.6 Å². The van der Waals surface area contributed by atoms with Crippen molar-refractivity contribution in [2.24, 2.45) is 5.92 Å². The number of hydrogen-bond donors (Lipinski definition) is 5. The maximum absolute atomic E-state index is 13.9. The van der Waals surface area contributed by atoms with E-state index in [-0.39, 0.29) is 18.7 Å². The van der Waals surface area contributed by atoms with E-state index in [9.17, 15) is 24.6 Å². The van der Waals surface area contributed by atoms with Gasteiger partial charge in [-0.05, 0) is 74.4 Å². The number of amides is 2. The Morgan fingerprint density at radius 1 is 0.911 bits per heavy atom. The summed E-state index contributed by atoms with van der Waals surface area (Å²) in [7, 11) is 0. The van der Waals surface area contributed by atoms with E-state index in [0.717, 1.165) is 22.3 Å². The molecular formula is C35H42N2O8. The van der Waals surface area contributed by atoms with E-state index < -0.39 is 54.5 Å². The number of aliphatic hydroxyl groups excluding tert-OH is 2. The molecule has 2 amide bonds. The Morgan fingerprint density at radius 2 is 1.56 bits per heavy atom. The molecule has 0 fully saturated rings. The van der Waals surface area contributed by atoms with Crippen molar-refractivity contribution in [2.75, 3.05) is 6.61 Å². The molecule has 0 aromatic heterocycles. The fourth-order valence-corrected chi connectivity index (χ4v) is 5.52. The number of rotatable bonds is 13. The van der Waals surface area contributed by atoms with Crippen molar-refractivity contribution in [3.05, 3.63) is 101 Å². The second kappa shape index (κ2) is 15.0. The predicted molar refractivity (Wildman–Crippen MR) is 168 cm³/mol. The summed E-state index contributed by atoms with van der Waals surface area (Å²) in [6.07, 6.45) is -1.64. The number of aliphatic carboxylic acids is 1. The summed E-state index contributed by atoms with van der Waals surface area (Å²) in [5.74, 6) is -1.82. The summed E-state index contributed by atoms with van der Waals surface area (Å²) < 4.78 is 10.7. The molecule has 0 radical (unpaired) electrons. The molecule has 3 aromatic rings. The highest BCUT2D eigenvalue weighted by Gasteiger charge is 2.35. The molecule has 3 aromatic carbocycles. The lowest BCUT2D eigenvalue weighted by molar-refractivity contribution is -0.139. The Bertz CT molecular complexity index is 1440. The summed E-state index contributed by atoms with van der Waals surface area (Å²) in [5.41, 5.74) is 2.73. The summed E-state index contributed by atoms with van der Waals surface area (Å²) in [4.78, 5) is 37.5. The lowest BCUT2D eigenvalue weighted by atomic mass is 9.88. The maximum atomic E-state index is 13.9. The van der Waals surface area contributed by atoms with Gasteiger partial charge in [0, 0.05) is 12.3 Å². The molecule has 4 rings (SSSR count). The predicted octanol–water partition coefficient (Wildman–Crippen LogP) is 3.97. The quantitative estimate of drug-likeness (QED) is 0.193. The highest BCUT2D eigenvalue weighted by molar-refractivity contribution is 5.80. The van der Waals surface area contributed by atoms with Crippen LogP contribution < -0.4 is 15.4 Å². The molecule has 1 aliphatic rings. The largest absolute Gasteiger partial charge is 0.482 e. The number of nitrogens with one attached hydrogen (secondary N) is 2. The van der Waals surface area contributed by atoms with E-state index in [1.54, 1.807) is 45.0 Å². The van der Waals surface area contributed by atoms with Crippen LogP contribution in [0.1, 0.15) is 55.5 Å². The van der Waals surface area contributed by atoms with Crippen molar-refractivity contribution in [2.45, 2.75) is 76.3 Å². The van der Waals surface area contributed by atoms with Gasteiger partial charge in [0.05, 0.1) is 24.3 Å². The molecule has 0 heterocycles. The molecule has 0 spiro atoms. The van der Waals surface area contributed by atoms with E-state index >= 15 is 0 Å². The lowest BCUT2D eigenvalue weighted by Gasteiger charge is -2.29. The van der Waals surface area contributed by atoms with Gasteiger partial charge in [-0.2, -0.15) is 0 Å². The fourth-order valence-electron chi connectivity index (χ4n) is 5.52. The zero-order valence-corrected chi connectivity index (χ0v) is 25.8. The number of carbonyl (C=O) groups excluding carboxylic acids is 2. The van der Waals surface area contributed by atoms with Crippen LogP contribution in [0.4, 0.5) is 4.79 Å². The third-order valence-corrected chi connectivity index (χ3v) is 7.63. The SMILES string of the molecule is CC(C)(C)OC(=O)NC(Cc1ccccc1)C(O)CC(Cc1ccc(OCC(=O)O)cc1)C(=O)NC1c2ccccc2CC1O. The average molecular weight is 619 g/mol. The molecule has 5 N–H and O–H groups in total. The van der Waals surface area contributed by atoms with E-state index in [1.807, 2.05) is 54.6 Å². The van der Waals surface area contributed by atoms with Crippen molar-refractivity contribution < 1.29 is 39.2 Å². The standard InChI is InChI=1S/C35H42N2O8/c1-35(2,3)45-34(43)36-28(18-22-9-5-4-6-10-22)29(38)20-25(17-23-13-15-26(16-14-23)44-21-31(40)41)33(42)37-32-27-12-8-7-11-24(27)19-30(32)39/h4-16,25,28-30,32,38-39H,17-21H2,1-3H3,(H,36,43)(H,37,42)(H,40,41). The summed E-state index contributed by atoms with van der Waals surface area (Å²) in [6, 6.07) is 22.4. The van der Waals surface area contributed by atoms with Crippen LogP contribution in [-0.2, 0) is 33.6 Å². The van der Waals surface area contributed by atoms with E-state index in [2.05, 4.69) is 10.6 Å². The smallest absolute Gasteiger partial charge is 0.407 e. The van der Waals surface area contributed by atoms with E-state index in [4.69, 9.17) is 14.6 Å². The van der Waals surface area contributed by atoms with Gasteiger partial charge >= 0.3 is 12.1 Å². The first kappa shape index (κ1) is 33.5. The highest BCUT2D eigenvalue weighted by atomic mass is 16.6. The van der Waals surface area contributed by atoms with E-state index in [1.165, 1.54) is 0 Å². The topological polar surface area (TPSA) is 154 Å². The molecule has 10 nitrogen and oxygen atoms in total. The third kappa shape index (κ3) is 10.1. The molecule has 0 saturated heterocycles. The van der Waals surface area contributed by atoms with Crippen molar-refractivity contribution in [1.82, 2.24) is 10.6 Å². The van der Waals surface area contributed by atoms with Crippen LogP contribution in [-0.4, -0.2) is 63.7 Å². The minimum Gasteiger partial charge on any atom is -0.482 e. The maximum Gasteiger partial charge on any atom is 0.407 e. The van der Waals surface area contributed by atoms with Gasteiger partial charge in [0.2, 0.25) is 5.91 Å². The van der Waals surface area contributed by atoms with Gasteiger partial charge in [-0.25, -0.2) is 9.59 Å². The van der Waals surface area contributed by atoms with Crippen LogP contribution in [0.3, 0.4) is 0 Å². The molecule has 0 bridgehead atoms. The Morgan fingerprint density at radius 3 is 2.22 bits per heavy atom. The lowest BCUT2D eigenvalue weighted by Crippen LogP contribution is -2.48. The second-order valence-corrected chi connectivity index (χ2v) is 12.4. The Labute approximate surface area is 263 Å². The Kier molecular flexibility index (Phi) is 11.2. The zero-order chi connectivity index (χ0) is 32.6. The number of benzene rings is 3. The number of fused-ring (bicyclic) bond motifs is 1. The van der Waals surface area contributed by atoms with Crippen LogP contribution >= 0.6 is 0 Å².